The molecular weight excluding hydrogens is 238 g/mol. The van der Waals surface area contributed by atoms with Crippen LogP contribution in [0.4, 0.5) is 5.95 Å². The molecule has 100 valence electrons. The maximum absolute atomic E-state index is 11.9. The van der Waals surface area contributed by atoms with E-state index >= 15 is 0 Å². The van der Waals surface area contributed by atoms with Gasteiger partial charge in [-0.3, -0.25) is 4.79 Å². The molecule has 4 heteroatoms. The summed E-state index contributed by atoms with van der Waals surface area (Å²) < 4.78 is 2.07. The lowest BCUT2D eigenvalue weighted by Crippen LogP contribution is -2.18. The van der Waals surface area contributed by atoms with Gasteiger partial charge in [-0.1, -0.05) is 18.2 Å². The van der Waals surface area contributed by atoms with Crippen molar-refractivity contribution in [1.82, 2.24) is 9.55 Å². The number of allylic oxidation sites excluding steroid dienone is 1. The number of anilines is 1. The molecule has 1 aromatic carbocycles. The molecule has 0 atom stereocenters. The summed E-state index contributed by atoms with van der Waals surface area (Å²) in [6.45, 7) is 4.57. The molecular formula is C15H19N3O. The Morgan fingerprint density at radius 2 is 2.16 bits per heavy atom. The largest absolute Gasteiger partial charge is 0.359 e. The summed E-state index contributed by atoms with van der Waals surface area (Å²) >= 11 is 0. The number of nitrogens with zero attached hydrogens (tertiary/aromatic N) is 2. The van der Waals surface area contributed by atoms with Crippen molar-refractivity contribution in [1.29, 1.82) is 0 Å². The van der Waals surface area contributed by atoms with Crippen molar-refractivity contribution in [3.63, 3.8) is 0 Å². The highest BCUT2D eigenvalue weighted by Gasteiger charge is 2.08. The number of fused-ring (bicyclic) bond motifs is 1. The number of para-hydroxylation sites is 1. The van der Waals surface area contributed by atoms with E-state index in [2.05, 4.69) is 21.4 Å². The topological polar surface area (TPSA) is 46.9 Å². The van der Waals surface area contributed by atoms with E-state index in [-0.39, 0.29) is 5.56 Å². The van der Waals surface area contributed by atoms with Gasteiger partial charge in [0.25, 0.3) is 5.56 Å². The Morgan fingerprint density at radius 1 is 1.37 bits per heavy atom. The van der Waals surface area contributed by atoms with Crippen LogP contribution < -0.4 is 10.9 Å². The first-order chi connectivity index (χ1) is 9.27. The number of hydrogen-bond donors (Lipinski definition) is 1. The van der Waals surface area contributed by atoms with Crippen molar-refractivity contribution in [3.05, 3.63) is 47.3 Å². The van der Waals surface area contributed by atoms with Crippen LogP contribution in [0.2, 0.25) is 0 Å². The van der Waals surface area contributed by atoms with E-state index in [4.69, 9.17) is 0 Å². The van der Waals surface area contributed by atoms with Gasteiger partial charge in [0.05, 0.1) is 10.9 Å². The summed E-state index contributed by atoms with van der Waals surface area (Å²) in [5.74, 6) is 0.627. The molecule has 0 spiro atoms. The van der Waals surface area contributed by atoms with E-state index in [1.165, 1.54) is 0 Å². The van der Waals surface area contributed by atoms with Crippen molar-refractivity contribution < 1.29 is 0 Å². The summed E-state index contributed by atoms with van der Waals surface area (Å²) in [4.78, 5) is 16.0. The molecule has 0 bridgehead atoms. The van der Waals surface area contributed by atoms with Crippen molar-refractivity contribution in [2.45, 2.75) is 25.8 Å². The Kier molecular flexibility index (Phi) is 4.34. The van der Waals surface area contributed by atoms with Gasteiger partial charge in [0.1, 0.15) is 0 Å². The summed E-state index contributed by atoms with van der Waals surface area (Å²) in [7, 11) is 1.79. The summed E-state index contributed by atoms with van der Waals surface area (Å²) in [6, 6.07) is 7.60. The lowest BCUT2D eigenvalue weighted by Gasteiger charge is -2.14. The second-order valence-corrected chi connectivity index (χ2v) is 4.44. The van der Waals surface area contributed by atoms with Crippen LogP contribution in [0, 0.1) is 0 Å². The first-order valence-electron chi connectivity index (χ1n) is 6.56. The first kappa shape index (κ1) is 13.3. The third kappa shape index (κ3) is 2.84. The number of nitrogens with one attached hydrogen (secondary N) is 1. The zero-order valence-corrected chi connectivity index (χ0v) is 11.2. The van der Waals surface area contributed by atoms with Crippen molar-refractivity contribution in [2.24, 2.45) is 0 Å². The fraction of sp³-hybridized carbons (Fsp3) is 0.333. The fourth-order valence-electron chi connectivity index (χ4n) is 2.20. The minimum atomic E-state index is -0.178. The molecule has 0 aliphatic rings. The van der Waals surface area contributed by atoms with E-state index in [9.17, 15) is 4.79 Å². The Labute approximate surface area is 112 Å². The molecule has 1 N–H and O–H groups in total. The van der Waals surface area contributed by atoms with Crippen molar-refractivity contribution in [3.8, 4) is 0 Å². The van der Waals surface area contributed by atoms with E-state index in [1.807, 2.05) is 30.3 Å². The van der Waals surface area contributed by atoms with Gasteiger partial charge in [-0.05, 0) is 31.4 Å². The van der Waals surface area contributed by atoms with Gasteiger partial charge in [-0.15, -0.1) is 6.58 Å². The molecule has 4 nitrogen and oxygen atoms in total. The van der Waals surface area contributed by atoms with Crippen LogP contribution in [0.1, 0.15) is 19.3 Å². The Hall–Kier alpha value is -2.10. The minimum absolute atomic E-state index is 0.178. The van der Waals surface area contributed by atoms with Gasteiger partial charge in [-0.2, -0.15) is 4.98 Å². The van der Waals surface area contributed by atoms with E-state index in [0.717, 1.165) is 31.3 Å². The number of rotatable bonds is 6. The predicted octanol–water partition coefficient (Wildman–Crippen LogP) is 2.79. The standard InChI is InChI=1S/C15H19N3O/c1-3-4-5-8-11-18-13-10-7-6-9-12(13)14(19)17-15(18)16-2/h3,6-7,9-10H,1,4-5,8,11H2,2H3,(H,16,17,19). The van der Waals surface area contributed by atoms with Crippen LogP contribution in [-0.4, -0.2) is 16.6 Å². The smallest absolute Gasteiger partial charge is 0.282 e. The second kappa shape index (κ2) is 6.18. The number of hydrogen-bond acceptors (Lipinski definition) is 3. The quantitative estimate of drug-likeness (QED) is 0.639. The first-order valence-corrected chi connectivity index (χ1v) is 6.56. The van der Waals surface area contributed by atoms with Crippen LogP contribution in [0.5, 0.6) is 0 Å². The zero-order chi connectivity index (χ0) is 13.7. The van der Waals surface area contributed by atoms with Gasteiger partial charge in [-0.25, -0.2) is 0 Å². The van der Waals surface area contributed by atoms with Crippen molar-refractivity contribution in [2.75, 3.05) is 12.4 Å². The molecule has 0 unspecified atom stereocenters. The molecule has 0 aliphatic carbocycles. The highest BCUT2D eigenvalue weighted by molar-refractivity contribution is 5.79. The molecule has 0 radical (unpaired) electrons. The highest BCUT2D eigenvalue weighted by atomic mass is 16.1. The highest BCUT2D eigenvalue weighted by Crippen LogP contribution is 2.15. The summed E-state index contributed by atoms with van der Waals surface area (Å²) in [5.41, 5.74) is 0.757. The fourth-order valence-corrected chi connectivity index (χ4v) is 2.20. The summed E-state index contributed by atoms with van der Waals surface area (Å²) in [6.07, 6.45) is 5.07. The van der Waals surface area contributed by atoms with Gasteiger partial charge in [0, 0.05) is 13.6 Å². The van der Waals surface area contributed by atoms with Gasteiger partial charge < -0.3 is 9.88 Å². The third-order valence-corrected chi connectivity index (χ3v) is 3.15. The van der Waals surface area contributed by atoms with Crippen LogP contribution in [0.15, 0.2) is 41.7 Å². The number of unbranched alkanes of at least 4 members (excludes halogenated alkanes) is 2. The number of aryl methyl sites for hydroxylation is 1. The van der Waals surface area contributed by atoms with Gasteiger partial charge >= 0.3 is 0 Å². The Bertz CT molecular complexity index is 631. The summed E-state index contributed by atoms with van der Waals surface area (Å²) in [5, 5.41) is 3.67. The molecule has 0 fully saturated rings. The molecule has 2 rings (SSSR count). The average Bonchev–Trinajstić information content (AvgIpc) is 2.45. The zero-order valence-electron chi connectivity index (χ0n) is 11.2. The lowest BCUT2D eigenvalue weighted by atomic mass is 10.2. The molecule has 0 aliphatic heterocycles. The van der Waals surface area contributed by atoms with Gasteiger partial charge in [0.2, 0.25) is 5.95 Å². The lowest BCUT2D eigenvalue weighted by molar-refractivity contribution is 0.624. The predicted molar refractivity (Wildman–Crippen MR) is 79.6 cm³/mol. The number of aromatic nitrogens is 2. The SMILES string of the molecule is C=CCCCCn1c(NC)nc(=O)c2ccccc21. The Balaban J connectivity index is 2.41. The van der Waals surface area contributed by atoms with Crippen LogP contribution >= 0.6 is 0 Å². The normalized spacial score (nSPS) is 10.6. The monoisotopic (exact) mass is 257 g/mol. The Morgan fingerprint density at radius 3 is 2.89 bits per heavy atom. The van der Waals surface area contributed by atoms with E-state index in [0.29, 0.717) is 11.3 Å². The van der Waals surface area contributed by atoms with Crippen molar-refractivity contribution >= 4 is 16.9 Å². The molecule has 0 saturated heterocycles. The second-order valence-electron chi connectivity index (χ2n) is 4.44. The molecule has 19 heavy (non-hydrogen) atoms. The molecule has 0 amide bonds. The van der Waals surface area contributed by atoms with Crippen LogP contribution in [0.25, 0.3) is 10.9 Å². The number of benzene rings is 1. The molecule has 1 heterocycles. The van der Waals surface area contributed by atoms with Crippen LogP contribution in [-0.2, 0) is 6.54 Å². The minimum Gasteiger partial charge on any atom is -0.359 e. The van der Waals surface area contributed by atoms with E-state index in [1.54, 1.807) is 7.05 Å². The van der Waals surface area contributed by atoms with E-state index < -0.39 is 0 Å². The average molecular weight is 257 g/mol. The van der Waals surface area contributed by atoms with Gasteiger partial charge in [0.15, 0.2) is 0 Å². The van der Waals surface area contributed by atoms with Crippen LogP contribution in [0.3, 0.4) is 0 Å². The maximum Gasteiger partial charge on any atom is 0.282 e. The molecule has 0 saturated carbocycles. The molecule has 1 aromatic heterocycles. The third-order valence-electron chi connectivity index (χ3n) is 3.15. The molecule has 2 aromatic rings. The maximum atomic E-state index is 11.9.